The molecule has 0 aliphatic rings. The van der Waals surface area contributed by atoms with Crippen molar-refractivity contribution in [2.75, 3.05) is 13.6 Å². The number of nitrogens with zero attached hydrogens (tertiary/aromatic N) is 1. The molecular formula is C17H19F2NO. The van der Waals surface area contributed by atoms with Crippen molar-refractivity contribution in [3.05, 3.63) is 71.3 Å². The van der Waals surface area contributed by atoms with Gasteiger partial charge in [0.2, 0.25) is 0 Å². The number of hydrogen-bond donors (Lipinski definition) is 1. The zero-order chi connectivity index (χ0) is 15.2. The highest BCUT2D eigenvalue weighted by Crippen LogP contribution is 2.18. The van der Waals surface area contributed by atoms with Crippen LogP contribution in [0.2, 0.25) is 0 Å². The van der Waals surface area contributed by atoms with Crippen LogP contribution >= 0.6 is 0 Å². The van der Waals surface area contributed by atoms with Gasteiger partial charge < -0.3 is 10.0 Å². The highest BCUT2D eigenvalue weighted by Gasteiger charge is 2.10. The van der Waals surface area contributed by atoms with Gasteiger partial charge in [0, 0.05) is 13.1 Å². The third-order valence-corrected chi connectivity index (χ3v) is 3.38. The summed E-state index contributed by atoms with van der Waals surface area (Å²) < 4.78 is 25.9. The van der Waals surface area contributed by atoms with E-state index in [4.69, 9.17) is 0 Å². The summed E-state index contributed by atoms with van der Waals surface area (Å²) in [6, 6.07) is 12.4. The molecule has 1 atom stereocenters. The molecule has 0 spiro atoms. The molecule has 0 saturated carbocycles. The van der Waals surface area contributed by atoms with Gasteiger partial charge in [0.05, 0.1) is 6.10 Å². The van der Waals surface area contributed by atoms with Gasteiger partial charge in [-0.05, 0) is 48.9 Å². The second-order valence-corrected chi connectivity index (χ2v) is 5.22. The van der Waals surface area contributed by atoms with Gasteiger partial charge in [0.1, 0.15) is 11.6 Å². The molecule has 0 saturated heterocycles. The van der Waals surface area contributed by atoms with Crippen molar-refractivity contribution in [3.63, 3.8) is 0 Å². The quantitative estimate of drug-likeness (QED) is 0.880. The van der Waals surface area contributed by atoms with E-state index in [9.17, 15) is 13.9 Å². The van der Waals surface area contributed by atoms with Crippen LogP contribution in [-0.4, -0.2) is 23.6 Å². The Kier molecular flexibility index (Phi) is 5.42. The van der Waals surface area contributed by atoms with E-state index in [1.807, 2.05) is 11.9 Å². The van der Waals surface area contributed by atoms with Crippen molar-refractivity contribution in [2.45, 2.75) is 19.1 Å². The molecular weight excluding hydrogens is 272 g/mol. The Bertz CT molecular complexity index is 571. The lowest BCUT2D eigenvalue weighted by atomic mass is 10.1. The number of rotatable bonds is 6. The normalized spacial score (nSPS) is 12.6. The second kappa shape index (κ2) is 7.29. The fourth-order valence-electron chi connectivity index (χ4n) is 2.20. The maximum atomic E-state index is 13.1. The van der Waals surface area contributed by atoms with Gasteiger partial charge in [-0.3, -0.25) is 0 Å². The van der Waals surface area contributed by atoms with Crippen molar-refractivity contribution in [3.8, 4) is 0 Å². The minimum atomic E-state index is -0.684. The fourth-order valence-corrected chi connectivity index (χ4v) is 2.20. The molecule has 2 aromatic carbocycles. The molecule has 1 N–H and O–H groups in total. The van der Waals surface area contributed by atoms with Gasteiger partial charge in [-0.25, -0.2) is 8.78 Å². The van der Waals surface area contributed by atoms with Crippen LogP contribution in [0, 0.1) is 11.6 Å². The van der Waals surface area contributed by atoms with E-state index in [0.717, 1.165) is 5.56 Å². The average Bonchev–Trinajstić information content (AvgIpc) is 2.47. The molecule has 0 aromatic heterocycles. The van der Waals surface area contributed by atoms with E-state index in [1.54, 1.807) is 24.3 Å². The lowest BCUT2D eigenvalue weighted by Crippen LogP contribution is -2.21. The Balaban J connectivity index is 1.83. The SMILES string of the molecule is CN(CCC(O)c1cccc(F)c1)Cc1ccc(F)cc1. The topological polar surface area (TPSA) is 23.5 Å². The Morgan fingerprint density at radius 1 is 1.05 bits per heavy atom. The monoisotopic (exact) mass is 291 g/mol. The van der Waals surface area contributed by atoms with Crippen LogP contribution in [0.1, 0.15) is 23.7 Å². The molecule has 0 aliphatic carbocycles. The van der Waals surface area contributed by atoms with E-state index in [-0.39, 0.29) is 11.6 Å². The van der Waals surface area contributed by atoms with Crippen molar-refractivity contribution in [1.29, 1.82) is 0 Å². The third kappa shape index (κ3) is 4.92. The maximum absolute atomic E-state index is 13.1. The first kappa shape index (κ1) is 15.6. The number of aliphatic hydroxyl groups excluding tert-OH is 1. The minimum Gasteiger partial charge on any atom is -0.388 e. The van der Waals surface area contributed by atoms with Crippen LogP contribution in [0.25, 0.3) is 0 Å². The molecule has 112 valence electrons. The van der Waals surface area contributed by atoms with Gasteiger partial charge in [-0.1, -0.05) is 24.3 Å². The molecule has 0 heterocycles. The van der Waals surface area contributed by atoms with Crippen molar-refractivity contribution in [1.82, 2.24) is 4.90 Å². The minimum absolute atomic E-state index is 0.247. The number of aliphatic hydroxyl groups is 1. The summed E-state index contributed by atoms with van der Waals surface area (Å²) in [5, 5.41) is 10.1. The van der Waals surface area contributed by atoms with Crippen LogP contribution in [0.5, 0.6) is 0 Å². The summed E-state index contributed by atoms with van der Waals surface area (Å²) in [4.78, 5) is 2.04. The second-order valence-electron chi connectivity index (χ2n) is 5.22. The van der Waals surface area contributed by atoms with Crippen LogP contribution in [0.4, 0.5) is 8.78 Å². The Hall–Kier alpha value is -1.78. The van der Waals surface area contributed by atoms with E-state index in [1.165, 1.54) is 24.3 Å². The summed E-state index contributed by atoms with van der Waals surface area (Å²) >= 11 is 0. The summed E-state index contributed by atoms with van der Waals surface area (Å²) in [6.45, 7) is 1.34. The van der Waals surface area contributed by atoms with E-state index < -0.39 is 6.10 Å². The van der Waals surface area contributed by atoms with Crippen molar-refractivity contribution in [2.24, 2.45) is 0 Å². The molecule has 0 fully saturated rings. The zero-order valence-corrected chi connectivity index (χ0v) is 12.0. The predicted molar refractivity (Wildman–Crippen MR) is 78.7 cm³/mol. The third-order valence-electron chi connectivity index (χ3n) is 3.38. The Morgan fingerprint density at radius 2 is 1.76 bits per heavy atom. The molecule has 4 heteroatoms. The number of halogens is 2. The van der Waals surface area contributed by atoms with Gasteiger partial charge in [-0.2, -0.15) is 0 Å². The first-order valence-electron chi connectivity index (χ1n) is 6.91. The highest BCUT2D eigenvalue weighted by molar-refractivity contribution is 5.19. The van der Waals surface area contributed by atoms with E-state index >= 15 is 0 Å². The van der Waals surface area contributed by atoms with Crippen LogP contribution in [0.15, 0.2) is 48.5 Å². The van der Waals surface area contributed by atoms with Crippen LogP contribution < -0.4 is 0 Å². The molecule has 0 amide bonds. The first-order valence-corrected chi connectivity index (χ1v) is 6.91. The standard InChI is InChI=1S/C17H19F2NO/c1-20(12-13-5-7-15(18)8-6-13)10-9-17(21)14-3-2-4-16(19)11-14/h2-8,11,17,21H,9-10,12H2,1H3. The van der Waals surface area contributed by atoms with Gasteiger partial charge >= 0.3 is 0 Å². The molecule has 0 aliphatic heterocycles. The lowest BCUT2D eigenvalue weighted by molar-refractivity contribution is 0.147. The fraction of sp³-hybridized carbons (Fsp3) is 0.294. The molecule has 2 aromatic rings. The molecule has 21 heavy (non-hydrogen) atoms. The molecule has 2 rings (SSSR count). The highest BCUT2D eigenvalue weighted by atomic mass is 19.1. The van der Waals surface area contributed by atoms with Crippen LogP contribution in [0.3, 0.4) is 0 Å². The number of benzene rings is 2. The van der Waals surface area contributed by atoms with E-state index in [2.05, 4.69) is 0 Å². The van der Waals surface area contributed by atoms with Gasteiger partial charge in [0.25, 0.3) is 0 Å². The molecule has 0 radical (unpaired) electrons. The maximum Gasteiger partial charge on any atom is 0.123 e. The van der Waals surface area contributed by atoms with Gasteiger partial charge in [-0.15, -0.1) is 0 Å². The van der Waals surface area contributed by atoms with E-state index in [0.29, 0.717) is 25.1 Å². The van der Waals surface area contributed by atoms with Gasteiger partial charge in [0.15, 0.2) is 0 Å². The molecule has 1 unspecified atom stereocenters. The van der Waals surface area contributed by atoms with Crippen molar-refractivity contribution < 1.29 is 13.9 Å². The Labute approximate surface area is 123 Å². The summed E-state index contributed by atoms with van der Waals surface area (Å²) in [7, 11) is 1.93. The van der Waals surface area contributed by atoms with Crippen molar-refractivity contribution >= 4 is 0 Å². The summed E-state index contributed by atoms with van der Waals surface area (Å²) in [6.07, 6.45) is -0.169. The first-order chi connectivity index (χ1) is 10.0. The molecule has 2 nitrogen and oxygen atoms in total. The number of hydrogen-bond acceptors (Lipinski definition) is 2. The molecule has 0 bridgehead atoms. The summed E-state index contributed by atoms with van der Waals surface area (Å²) in [5.74, 6) is -0.589. The summed E-state index contributed by atoms with van der Waals surface area (Å²) in [5.41, 5.74) is 1.60. The lowest BCUT2D eigenvalue weighted by Gasteiger charge is -2.19. The predicted octanol–water partition coefficient (Wildman–Crippen LogP) is 3.52. The smallest absolute Gasteiger partial charge is 0.123 e. The zero-order valence-electron chi connectivity index (χ0n) is 12.0. The largest absolute Gasteiger partial charge is 0.388 e. The average molecular weight is 291 g/mol. The Morgan fingerprint density at radius 3 is 2.43 bits per heavy atom. The van der Waals surface area contributed by atoms with Crippen LogP contribution in [-0.2, 0) is 6.54 Å².